The molecule has 2 nitrogen and oxygen atoms in total. The topological polar surface area (TPSA) is 6.48 Å². The minimum absolute atomic E-state index is 1.12. The van der Waals surface area contributed by atoms with Gasteiger partial charge in [-0.2, -0.15) is 0 Å². The third-order valence-electron chi connectivity index (χ3n) is 14.3. The lowest BCUT2D eigenvalue weighted by Gasteiger charge is -2.29. The zero-order valence-electron chi connectivity index (χ0n) is 37.1. The van der Waals surface area contributed by atoms with Gasteiger partial charge in [-0.15, -0.1) is 0 Å². The molecule has 0 aliphatic heterocycles. The van der Waals surface area contributed by atoms with E-state index in [1.165, 1.54) is 97.3 Å². The number of para-hydroxylation sites is 2. The fourth-order valence-electron chi connectivity index (χ4n) is 11.5. The molecule has 0 radical (unpaired) electrons. The predicted molar refractivity (Wildman–Crippen MR) is 292 cm³/mol. The molecule has 0 aliphatic carbocycles. The zero-order valence-corrected chi connectivity index (χ0v) is 37.1. The number of anilines is 6. The Morgan fingerprint density at radius 2 is 0.574 bits per heavy atom. The maximum absolute atomic E-state index is 2.45. The quantitative estimate of drug-likeness (QED) is 0.116. The van der Waals surface area contributed by atoms with Gasteiger partial charge in [0.05, 0.1) is 22.7 Å². The summed E-state index contributed by atoms with van der Waals surface area (Å²) < 4.78 is 0. The molecule has 0 spiro atoms. The highest BCUT2D eigenvalue weighted by atomic mass is 15.2. The van der Waals surface area contributed by atoms with E-state index in [1.54, 1.807) is 0 Å². The summed E-state index contributed by atoms with van der Waals surface area (Å²) in [6.45, 7) is 0. The van der Waals surface area contributed by atoms with Crippen molar-refractivity contribution in [2.75, 3.05) is 9.80 Å². The minimum atomic E-state index is 1.12. The Hall–Kier alpha value is -8.98. The van der Waals surface area contributed by atoms with Gasteiger partial charge in [-0.05, 0) is 124 Å². The third-order valence-corrected chi connectivity index (χ3v) is 14.3. The van der Waals surface area contributed by atoms with E-state index in [0.717, 1.165) is 34.1 Å². The Labute approximate surface area is 394 Å². The SMILES string of the molecule is c1ccc(N(c2cccc3ccccc23)c2ccc(-c3c4ccccc4c4c5ccc(N(c6ccccc6)c6cccc7ccccc67)c6cccc(c7cccc3c74)c65)c3ccccc23)cc1. The van der Waals surface area contributed by atoms with Gasteiger partial charge < -0.3 is 9.80 Å². The first-order chi connectivity index (χ1) is 33.8. The fourth-order valence-corrected chi connectivity index (χ4v) is 11.5. The number of benzene rings is 14. The predicted octanol–water partition coefficient (Wildman–Crippen LogP) is 19.0. The van der Waals surface area contributed by atoms with E-state index in [2.05, 4.69) is 265 Å². The fraction of sp³-hybridized carbons (Fsp3) is 0. The van der Waals surface area contributed by atoms with Crippen LogP contribution in [0, 0.1) is 0 Å². The number of nitrogens with zero attached hydrogens (tertiary/aromatic N) is 2. The van der Waals surface area contributed by atoms with Crippen LogP contribution in [0.1, 0.15) is 0 Å². The van der Waals surface area contributed by atoms with Gasteiger partial charge in [0, 0.05) is 32.9 Å². The number of hydrogen-bond acceptors (Lipinski definition) is 2. The lowest BCUT2D eigenvalue weighted by Crippen LogP contribution is -2.11. The molecule has 0 aromatic heterocycles. The maximum Gasteiger partial charge on any atom is 0.0540 e. The lowest BCUT2D eigenvalue weighted by atomic mass is 9.82. The van der Waals surface area contributed by atoms with Crippen LogP contribution < -0.4 is 9.80 Å². The van der Waals surface area contributed by atoms with E-state index in [1.807, 2.05) is 0 Å². The summed E-state index contributed by atoms with van der Waals surface area (Å²) in [6, 6.07) is 93.8. The van der Waals surface area contributed by atoms with Crippen molar-refractivity contribution < 1.29 is 0 Å². The molecule has 0 N–H and O–H groups in total. The van der Waals surface area contributed by atoms with Gasteiger partial charge in [-0.25, -0.2) is 0 Å². The summed E-state index contributed by atoms with van der Waals surface area (Å²) in [5, 5.41) is 20.0. The molecule has 0 aliphatic rings. The van der Waals surface area contributed by atoms with E-state index >= 15 is 0 Å². The molecule has 316 valence electrons. The first-order valence-corrected chi connectivity index (χ1v) is 23.5. The molecule has 0 unspecified atom stereocenters. The molecule has 68 heavy (non-hydrogen) atoms. The van der Waals surface area contributed by atoms with Crippen LogP contribution in [-0.4, -0.2) is 0 Å². The molecule has 0 saturated heterocycles. The molecule has 14 aromatic rings. The first kappa shape index (κ1) is 38.3. The van der Waals surface area contributed by atoms with Crippen LogP contribution in [0.5, 0.6) is 0 Å². The van der Waals surface area contributed by atoms with Crippen LogP contribution in [0.15, 0.2) is 255 Å². The second-order valence-electron chi connectivity index (χ2n) is 17.9. The maximum atomic E-state index is 2.45. The number of fused-ring (bicyclic) bond motifs is 7. The van der Waals surface area contributed by atoms with Crippen molar-refractivity contribution in [3.05, 3.63) is 255 Å². The highest BCUT2D eigenvalue weighted by Crippen LogP contribution is 2.52. The van der Waals surface area contributed by atoms with Crippen LogP contribution in [-0.2, 0) is 0 Å². The summed E-state index contributed by atoms with van der Waals surface area (Å²) in [5.74, 6) is 0. The average Bonchev–Trinajstić information content (AvgIpc) is 3.41. The third kappa shape index (κ3) is 5.71. The molecular weight excluding hydrogens is 821 g/mol. The molecule has 0 amide bonds. The van der Waals surface area contributed by atoms with Crippen molar-refractivity contribution in [2.24, 2.45) is 0 Å². The van der Waals surface area contributed by atoms with Crippen LogP contribution in [0.25, 0.3) is 97.3 Å². The molecule has 2 heteroatoms. The Morgan fingerprint density at radius 1 is 0.191 bits per heavy atom. The second kappa shape index (κ2) is 15.3. The largest absolute Gasteiger partial charge is 0.309 e. The molecular formula is C66H42N2. The molecule has 0 heterocycles. The molecule has 0 saturated carbocycles. The standard InChI is InChI=1S/C66H42N2/c1-3-23-45(24-4-1)67(59-37-15-21-43-19-7-9-27-47(43)59)61-41-39-55(49-29-11-12-30-50(49)61)63-51-31-13-14-32-53(51)66-58-40-42-62(56-35-17-33-52(64(56)58)54-34-18-36-57(63)65(54)66)68(46-25-5-2-6-26-46)60-38-16-22-44-20-8-10-28-48(44)60/h1-42H. The van der Waals surface area contributed by atoms with Crippen molar-refractivity contribution in [1.29, 1.82) is 0 Å². The van der Waals surface area contributed by atoms with Gasteiger partial charge in [0.15, 0.2) is 0 Å². The summed E-state index contributed by atoms with van der Waals surface area (Å²) in [4.78, 5) is 4.89. The van der Waals surface area contributed by atoms with Gasteiger partial charge in [-0.3, -0.25) is 0 Å². The number of hydrogen-bond donors (Lipinski definition) is 0. The van der Waals surface area contributed by atoms with Crippen LogP contribution in [0.3, 0.4) is 0 Å². The average molecular weight is 863 g/mol. The minimum Gasteiger partial charge on any atom is -0.309 e. The van der Waals surface area contributed by atoms with Crippen molar-refractivity contribution in [2.45, 2.75) is 0 Å². The smallest absolute Gasteiger partial charge is 0.0540 e. The zero-order chi connectivity index (χ0) is 44.7. The molecule has 14 aromatic carbocycles. The van der Waals surface area contributed by atoms with Gasteiger partial charge in [0.1, 0.15) is 0 Å². The van der Waals surface area contributed by atoms with Crippen molar-refractivity contribution in [3.63, 3.8) is 0 Å². The molecule has 0 atom stereocenters. The van der Waals surface area contributed by atoms with Crippen LogP contribution in [0.4, 0.5) is 34.1 Å². The van der Waals surface area contributed by atoms with Crippen LogP contribution >= 0.6 is 0 Å². The first-order valence-electron chi connectivity index (χ1n) is 23.5. The van der Waals surface area contributed by atoms with Crippen LogP contribution in [0.2, 0.25) is 0 Å². The lowest BCUT2D eigenvalue weighted by molar-refractivity contribution is 1.31. The van der Waals surface area contributed by atoms with Crippen molar-refractivity contribution in [3.8, 4) is 11.1 Å². The van der Waals surface area contributed by atoms with Gasteiger partial charge >= 0.3 is 0 Å². The Kier molecular flexibility index (Phi) is 8.62. The Balaban J connectivity index is 1.04. The molecule has 14 rings (SSSR count). The van der Waals surface area contributed by atoms with E-state index in [4.69, 9.17) is 0 Å². The summed E-state index contributed by atoms with van der Waals surface area (Å²) in [5.41, 5.74) is 9.34. The summed E-state index contributed by atoms with van der Waals surface area (Å²) in [7, 11) is 0. The van der Waals surface area contributed by atoms with E-state index < -0.39 is 0 Å². The highest BCUT2D eigenvalue weighted by molar-refractivity contribution is 6.41. The highest BCUT2D eigenvalue weighted by Gasteiger charge is 2.25. The second-order valence-corrected chi connectivity index (χ2v) is 17.9. The van der Waals surface area contributed by atoms with Gasteiger partial charge in [0.2, 0.25) is 0 Å². The van der Waals surface area contributed by atoms with Gasteiger partial charge in [-0.1, -0.05) is 206 Å². The molecule has 0 bridgehead atoms. The Morgan fingerprint density at radius 3 is 1.21 bits per heavy atom. The van der Waals surface area contributed by atoms with E-state index in [-0.39, 0.29) is 0 Å². The summed E-state index contributed by atoms with van der Waals surface area (Å²) >= 11 is 0. The van der Waals surface area contributed by atoms with E-state index in [0.29, 0.717) is 0 Å². The van der Waals surface area contributed by atoms with E-state index in [9.17, 15) is 0 Å². The monoisotopic (exact) mass is 862 g/mol. The molecule has 0 fully saturated rings. The van der Waals surface area contributed by atoms with Crippen molar-refractivity contribution >= 4 is 120 Å². The number of rotatable bonds is 7. The Bertz CT molecular complexity index is 4260. The summed E-state index contributed by atoms with van der Waals surface area (Å²) in [6.07, 6.45) is 0. The van der Waals surface area contributed by atoms with Gasteiger partial charge in [0.25, 0.3) is 0 Å². The van der Waals surface area contributed by atoms with Crippen molar-refractivity contribution in [1.82, 2.24) is 0 Å². The normalized spacial score (nSPS) is 11.8.